The molecule has 0 aromatic rings. The predicted molar refractivity (Wildman–Crippen MR) is 222 cm³/mol. The van der Waals surface area contributed by atoms with Crippen LogP contribution in [0, 0.1) is 0 Å². The van der Waals surface area contributed by atoms with Gasteiger partial charge in [-0.2, -0.15) is 0 Å². The van der Waals surface area contributed by atoms with Crippen LogP contribution >= 0.6 is 7.82 Å². The molecule has 10 heteroatoms. The molecule has 316 valence electrons. The Labute approximate surface area is 331 Å². The molecule has 0 heterocycles. The van der Waals surface area contributed by atoms with Crippen molar-refractivity contribution in [2.24, 2.45) is 0 Å². The maximum absolute atomic E-state index is 12.6. The minimum Gasteiger partial charge on any atom is -0.756 e. The van der Waals surface area contributed by atoms with Crippen LogP contribution in [0.3, 0.4) is 0 Å². The largest absolute Gasteiger partial charge is 0.756 e. The van der Waals surface area contributed by atoms with Gasteiger partial charge in [0.05, 0.1) is 27.7 Å². The lowest BCUT2D eigenvalue weighted by atomic mass is 10.1. The SMILES string of the molecule is CCCCC/C=C/C/C=C/CCCCCCCC(=O)O[C@H](COC(=O)CCCCC/C=C/CCCCCCCCCC)COP(=O)([O-])OCC[N+](C)(C)C. The van der Waals surface area contributed by atoms with E-state index in [1.165, 1.54) is 77.0 Å². The van der Waals surface area contributed by atoms with Gasteiger partial charge in [0, 0.05) is 12.8 Å². The number of likely N-dealkylation sites (N-methyl/N-ethyl adjacent to an activating group) is 1. The fraction of sp³-hybridized carbons (Fsp3) is 0.818. The molecular formula is C44H82NO8P. The second kappa shape index (κ2) is 36.8. The third kappa shape index (κ3) is 39.9. The van der Waals surface area contributed by atoms with E-state index >= 15 is 0 Å². The molecule has 1 unspecified atom stereocenters. The van der Waals surface area contributed by atoms with E-state index in [-0.39, 0.29) is 26.1 Å². The Morgan fingerprint density at radius 3 is 1.54 bits per heavy atom. The number of rotatable bonds is 39. The molecule has 0 spiro atoms. The molecule has 0 aliphatic carbocycles. The van der Waals surface area contributed by atoms with Gasteiger partial charge in [-0.25, -0.2) is 0 Å². The van der Waals surface area contributed by atoms with E-state index < -0.39 is 32.5 Å². The van der Waals surface area contributed by atoms with E-state index in [4.69, 9.17) is 18.5 Å². The zero-order valence-corrected chi connectivity index (χ0v) is 36.3. The molecule has 9 nitrogen and oxygen atoms in total. The van der Waals surface area contributed by atoms with Gasteiger partial charge < -0.3 is 27.9 Å². The van der Waals surface area contributed by atoms with E-state index in [9.17, 15) is 19.0 Å². The number of carbonyl (C=O) groups excluding carboxylic acids is 2. The summed E-state index contributed by atoms with van der Waals surface area (Å²) in [6.45, 7) is 4.16. The first kappa shape index (κ1) is 52.2. The van der Waals surface area contributed by atoms with Crippen molar-refractivity contribution < 1.29 is 42.1 Å². The van der Waals surface area contributed by atoms with E-state index in [0.717, 1.165) is 64.2 Å². The lowest BCUT2D eigenvalue weighted by Crippen LogP contribution is -2.37. The fourth-order valence-corrected chi connectivity index (χ4v) is 6.41. The van der Waals surface area contributed by atoms with Crippen molar-refractivity contribution in [3.05, 3.63) is 36.5 Å². The lowest BCUT2D eigenvalue weighted by Gasteiger charge is -2.28. The van der Waals surface area contributed by atoms with E-state index in [2.05, 4.69) is 50.3 Å². The smallest absolute Gasteiger partial charge is 0.306 e. The third-order valence-corrected chi connectivity index (χ3v) is 10.1. The maximum Gasteiger partial charge on any atom is 0.306 e. The van der Waals surface area contributed by atoms with Crippen molar-refractivity contribution in [2.45, 2.75) is 187 Å². The monoisotopic (exact) mass is 784 g/mol. The molecule has 0 aromatic carbocycles. The molecule has 0 aliphatic heterocycles. The summed E-state index contributed by atoms with van der Waals surface area (Å²) in [5, 5.41) is 0. The molecular weight excluding hydrogens is 701 g/mol. The maximum atomic E-state index is 12.6. The highest BCUT2D eigenvalue weighted by molar-refractivity contribution is 7.45. The first-order valence-electron chi connectivity index (χ1n) is 21.7. The molecule has 2 atom stereocenters. The van der Waals surface area contributed by atoms with Crippen molar-refractivity contribution in [1.29, 1.82) is 0 Å². The number of nitrogens with zero attached hydrogens (tertiary/aromatic N) is 1. The molecule has 0 bridgehead atoms. The van der Waals surface area contributed by atoms with Crippen molar-refractivity contribution >= 4 is 19.8 Å². The summed E-state index contributed by atoms with van der Waals surface area (Å²) >= 11 is 0. The Balaban J connectivity index is 4.42. The summed E-state index contributed by atoms with van der Waals surface area (Å²) in [4.78, 5) is 37.5. The second-order valence-corrected chi connectivity index (χ2v) is 17.1. The second-order valence-electron chi connectivity index (χ2n) is 15.7. The van der Waals surface area contributed by atoms with Crippen molar-refractivity contribution in [3.8, 4) is 0 Å². The zero-order valence-electron chi connectivity index (χ0n) is 35.4. The van der Waals surface area contributed by atoms with Crippen LogP contribution < -0.4 is 4.89 Å². The first-order valence-corrected chi connectivity index (χ1v) is 23.2. The Morgan fingerprint density at radius 2 is 1.00 bits per heavy atom. The number of esters is 2. The normalized spacial score (nSPS) is 14.0. The van der Waals surface area contributed by atoms with Crippen LogP contribution in [0.4, 0.5) is 0 Å². The minimum atomic E-state index is -4.63. The molecule has 0 N–H and O–H groups in total. The van der Waals surface area contributed by atoms with Gasteiger partial charge in [0.15, 0.2) is 6.10 Å². The van der Waals surface area contributed by atoms with Crippen LogP contribution in [-0.4, -0.2) is 70.0 Å². The van der Waals surface area contributed by atoms with Crippen molar-refractivity contribution in [2.75, 3.05) is 47.5 Å². The highest BCUT2D eigenvalue weighted by Crippen LogP contribution is 2.38. The first-order chi connectivity index (χ1) is 26.0. The number of phosphoric ester groups is 1. The number of hydrogen-bond donors (Lipinski definition) is 0. The topological polar surface area (TPSA) is 111 Å². The molecule has 0 radical (unpaired) electrons. The van der Waals surface area contributed by atoms with Crippen LogP contribution in [0.5, 0.6) is 0 Å². The minimum absolute atomic E-state index is 0.0361. The van der Waals surface area contributed by atoms with E-state index in [1.807, 2.05) is 21.1 Å². The molecule has 0 aromatic heterocycles. The number of hydrogen-bond acceptors (Lipinski definition) is 8. The van der Waals surface area contributed by atoms with Gasteiger partial charge in [0.2, 0.25) is 0 Å². The summed E-state index contributed by atoms with van der Waals surface area (Å²) < 4.78 is 33.8. The van der Waals surface area contributed by atoms with Crippen molar-refractivity contribution in [1.82, 2.24) is 0 Å². The molecule has 0 amide bonds. The van der Waals surface area contributed by atoms with Gasteiger partial charge in [-0.3, -0.25) is 14.2 Å². The van der Waals surface area contributed by atoms with Crippen LogP contribution in [0.15, 0.2) is 36.5 Å². The quantitative estimate of drug-likeness (QED) is 0.0199. The molecule has 0 saturated carbocycles. The van der Waals surface area contributed by atoms with Crippen LogP contribution in [0.25, 0.3) is 0 Å². The van der Waals surface area contributed by atoms with E-state index in [0.29, 0.717) is 23.9 Å². The van der Waals surface area contributed by atoms with Crippen LogP contribution in [0.2, 0.25) is 0 Å². The zero-order chi connectivity index (χ0) is 40.0. The molecule has 0 fully saturated rings. The molecule has 0 saturated heterocycles. The number of ether oxygens (including phenoxy) is 2. The van der Waals surface area contributed by atoms with Gasteiger partial charge in [-0.1, -0.05) is 134 Å². The predicted octanol–water partition coefficient (Wildman–Crippen LogP) is 11.5. The average molecular weight is 784 g/mol. The molecule has 0 aliphatic rings. The Kier molecular flexibility index (Phi) is 35.6. The van der Waals surface area contributed by atoms with Crippen LogP contribution in [-0.2, 0) is 32.7 Å². The number of unbranched alkanes of at least 4 members (excludes halogenated alkanes) is 19. The Bertz CT molecular complexity index is 1020. The number of carbonyl (C=O) groups is 2. The summed E-state index contributed by atoms with van der Waals surface area (Å²) in [7, 11) is 1.15. The van der Waals surface area contributed by atoms with Gasteiger partial charge in [-0.15, -0.1) is 0 Å². The Morgan fingerprint density at radius 1 is 0.574 bits per heavy atom. The average Bonchev–Trinajstić information content (AvgIpc) is 3.12. The highest BCUT2D eigenvalue weighted by Gasteiger charge is 2.21. The summed E-state index contributed by atoms with van der Waals surface area (Å²) in [5.41, 5.74) is 0. The van der Waals surface area contributed by atoms with E-state index in [1.54, 1.807) is 0 Å². The number of allylic oxidation sites excluding steroid dienone is 6. The lowest BCUT2D eigenvalue weighted by molar-refractivity contribution is -0.870. The summed E-state index contributed by atoms with van der Waals surface area (Å²) in [5.74, 6) is -0.869. The standard InChI is InChI=1S/C44H82NO8P/c1-6-8-10-12-14-16-18-20-22-24-26-28-30-32-34-36-43(46)50-40-42(41-52-54(48,49)51-39-38-45(3,4)5)53-44(47)37-35-33-31-29-27-25-23-21-19-17-15-13-11-9-7-2/h15,17,21,23-24,26,42H,6-14,16,18-20,22,25,27-41H2,1-5H3/b17-15+,23-21+,26-24+/t42-/m1/s1. The molecule has 0 rings (SSSR count). The third-order valence-electron chi connectivity index (χ3n) is 9.13. The summed E-state index contributed by atoms with van der Waals surface area (Å²) in [6, 6.07) is 0. The highest BCUT2D eigenvalue weighted by atomic mass is 31.2. The number of phosphoric acid groups is 1. The Hall–Kier alpha value is -1.77. The summed E-state index contributed by atoms with van der Waals surface area (Å²) in [6.07, 6.45) is 40.2. The van der Waals surface area contributed by atoms with Crippen LogP contribution in [0.1, 0.15) is 181 Å². The fourth-order valence-electron chi connectivity index (χ4n) is 5.68. The van der Waals surface area contributed by atoms with Crippen molar-refractivity contribution in [3.63, 3.8) is 0 Å². The van der Waals surface area contributed by atoms with Gasteiger partial charge >= 0.3 is 11.9 Å². The van der Waals surface area contributed by atoms with Gasteiger partial charge in [0.25, 0.3) is 7.82 Å². The van der Waals surface area contributed by atoms with Gasteiger partial charge in [0.1, 0.15) is 19.8 Å². The molecule has 54 heavy (non-hydrogen) atoms. The number of quaternary nitrogens is 1. The van der Waals surface area contributed by atoms with Gasteiger partial charge in [-0.05, 0) is 70.6 Å².